The summed E-state index contributed by atoms with van der Waals surface area (Å²) in [6, 6.07) is 8.70. The Hall–Kier alpha value is -2.87. The fraction of sp³-hybridized carbons (Fsp3) is 0.698. The lowest BCUT2D eigenvalue weighted by atomic mass is 10.0. The van der Waals surface area contributed by atoms with Gasteiger partial charge in [-0.1, -0.05) is 142 Å². The Kier molecular flexibility index (Phi) is 24.4. The summed E-state index contributed by atoms with van der Waals surface area (Å²) in [6.45, 7) is 5.32. The molecule has 0 amide bonds. The number of benzene rings is 2. The van der Waals surface area contributed by atoms with Gasteiger partial charge in [0, 0.05) is 12.8 Å². The number of Topliss-reactive ketones (excluding diaryl/α,β-unsaturated/α-hetero) is 1. The Morgan fingerprint density at radius 2 is 0.804 bits per heavy atom. The number of hydrogen-bond donors (Lipinski definition) is 2. The van der Waals surface area contributed by atoms with Gasteiger partial charge in [0.25, 0.3) is 20.2 Å². The van der Waals surface area contributed by atoms with Crippen LogP contribution in [0.3, 0.4) is 0 Å². The molecule has 0 bridgehead atoms. The van der Waals surface area contributed by atoms with Gasteiger partial charge in [-0.25, -0.2) is 0 Å². The molecule has 2 aromatic carbocycles. The van der Waals surface area contributed by atoms with Crippen LogP contribution in [-0.4, -0.2) is 59.2 Å². The predicted molar refractivity (Wildman–Crippen MR) is 223 cm³/mol. The highest BCUT2D eigenvalue weighted by Crippen LogP contribution is 2.38. The molecular formula is C43H70O11S2. The maximum Gasteiger partial charge on any atom is 0.272 e. The van der Waals surface area contributed by atoms with E-state index in [9.17, 15) is 30.7 Å². The topological polar surface area (TPSA) is 163 Å². The van der Waals surface area contributed by atoms with Crippen molar-refractivity contribution in [3.8, 4) is 23.0 Å². The van der Waals surface area contributed by atoms with E-state index in [4.69, 9.17) is 18.9 Å². The molecule has 0 aliphatic rings. The van der Waals surface area contributed by atoms with Gasteiger partial charge in [0.05, 0.1) is 27.4 Å². The van der Waals surface area contributed by atoms with E-state index in [-0.39, 0.29) is 22.6 Å². The van der Waals surface area contributed by atoms with Crippen LogP contribution >= 0.6 is 0 Å². The number of rotatable bonds is 34. The Morgan fingerprint density at radius 3 is 1.09 bits per heavy atom. The maximum absolute atomic E-state index is 13.3. The highest BCUT2D eigenvalue weighted by Gasteiger charge is 2.34. The first-order valence-electron chi connectivity index (χ1n) is 20.9. The first-order chi connectivity index (χ1) is 26.8. The summed E-state index contributed by atoms with van der Waals surface area (Å²) >= 11 is 0. The number of ketones is 1. The van der Waals surface area contributed by atoms with Gasteiger partial charge in [0.2, 0.25) is 0 Å². The molecular weight excluding hydrogens is 757 g/mol. The van der Waals surface area contributed by atoms with Crippen LogP contribution in [0.5, 0.6) is 23.0 Å². The van der Waals surface area contributed by atoms with Gasteiger partial charge in [-0.15, -0.1) is 0 Å². The van der Waals surface area contributed by atoms with Crippen LogP contribution in [0.1, 0.15) is 177 Å². The van der Waals surface area contributed by atoms with Gasteiger partial charge in [0.1, 0.15) is 16.3 Å². The number of unbranched alkanes of at least 4 members (excludes halogenated alkanes) is 18. The third-order valence-corrected chi connectivity index (χ3v) is 12.5. The van der Waals surface area contributed by atoms with Crippen LogP contribution in [0.25, 0.3) is 0 Å². The molecule has 0 heterocycles. The number of methoxy groups -OCH3 is 2. The van der Waals surface area contributed by atoms with E-state index in [2.05, 4.69) is 13.8 Å². The van der Waals surface area contributed by atoms with Crippen molar-refractivity contribution >= 4 is 26.0 Å². The summed E-state index contributed by atoms with van der Waals surface area (Å²) in [5.41, 5.74) is 0.135. The standard InChI is InChI=1S/C43H70O11S2/c1-5-7-9-11-13-15-17-19-21-23-29-53-38-27-25-35(31-40(38)51-3)42(55(45,46)47)33-37(44)34-43(56(48,49)50)36-26-28-39(41(32-36)52-4)54-30-24-22-20-18-16-14-12-10-8-6-2/h25-28,31-32,42-43H,5-24,29-30,33-34H2,1-4H3,(H,45,46,47)(H,48,49,50). The molecule has 0 saturated heterocycles. The molecule has 2 N–H and O–H groups in total. The van der Waals surface area contributed by atoms with E-state index in [0.717, 1.165) is 38.5 Å². The summed E-state index contributed by atoms with van der Waals surface area (Å²) < 4.78 is 93.3. The van der Waals surface area contributed by atoms with Crippen molar-refractivity contribution in [1.29, 1.82) is 0 Å². The van der Waals surface area contributed by atoms with Gasteiger partial charge >= 0.3 is 0 Å². The second kappa shape index (κ2) is 27.7. The zero-order valence-corrected chi connectivity index (χ0v) is 36.1. The molecule has 0 spiro atoms. The predicted octanol–water partition coefficient (Wildman–Crippen LogP) is 11.2. The van der Waals surface area contributed by atoms with Gasteiger partial charge in [-0.2, -0.15) is 16.8 Å². The molecule has 2 atom stereocenters. The number of carbonyl (C=O) groups is 1. The minimum absolute atomic E-state index is 0.0676. The summed E-state index contributed by atoms with van der Waals surface area (Å²) in [6.07, 6.45) is 22.2. The number of ether oxygens (including phenoxy) is 4. The quantitative estimate of drug-likeness (QED) is 0.0510. The van der Waals surface area contributed by atoms with Gasteiger partial charge < -0.3 is 18.9 Å². The molecule has 0 aliphatic heterocycles. The first kappa shape index (κ1) is 49.3. The molecule has 320 valence electrons. The normalized spacial score (nSPS) is 13.0. The summed E-state index contributed by atoms with van der Waals surface area (Å²) in [4.78, 5) is 13.3. The van der Waals surface area contributed by atoms with E-state index in [1.54, 1.807) is 0 Å². The second-order valence-electron chi connectivity index (χ2n) is 14.8. The molecule has 0 radical (unpaired) electrons. The lowest BCUT2D eigenvalue weighted by Crippen LogP contribution is -2.21. The average Bonchev–Trinajstić information content (AvgIpc) is 3.16. The Balaban J connectivity index is 1.99. The smallest absolute Gasteiger partial charge is 0.272 e. The van der Waals surface area contributed by atoms with Crippen LogP contribution in [0.4, 0.5) is 0 Å². The zero-order valence-electron chi connectivity index (χ0n) is 34.5. The first-order valence-corrected chi connectivity index (χ1v) is 23.9. The molecule has 0 aliphatic carbocycles. The number of hydrogen-bond acceptors (Lipinski definition) is 9. The van der Waals surface area contributed by atoms with Gasteiger partial charge in [-0.3, -0.25) is 13.9 Å². The van der Waals surface area contributed by atoms with Gasteiger partial charge in [-0.05, 0) is 48.2 Å². The molecule has 2 rings (SSSR count). The molecule has 0 fully saturated rings. The molecule has 11 nitrogen and oxygen atoms in total. The maximum atomic E-state index is 13.3. The SMILES string of the molecule is CCCCCCCCCCCCOc1ccc(C(CC(=O)CC(c2ccc(OCCCCCCCCCCCC)c(OC)c2)S(=O)(=O)O)S(=O)(=O)O)cc1OC. The summed E-state index contributed by atoms with van der Waals surface area (Å²) in [7, 11) is -6.86. The van der Waals surface area contributed by atoms with Crippen LogP contribution in [-0.2, 0) is 25.0 Å². The molecule has 56 heavy (non-hydrogen) atoms. The van der Waals surface area contributed by atoms with E-state index in [1.165, 1.54) is 141 Å². The third kappa shape index (κ3) is 19.5. The van der Waals surface area contributed by atoms with Gasteiger partial charge in [0.15, 0.2) is 23.0 Å². The lowest BCUT2D eigenvalue weighted by Gasteiger charge is -2.19. The van der Waals surface area contributed by atoms with Crippen LogP contribution in [0, 0.1) is 0 Å². The Bertz CT molecular complexity index is 1490. The lowest BCUT2D eigenvalue weighted by molar-refractivity contribution is -0.119. The Labute approximate surface area is 338 Å². The van der Waals surface area contributed by atoms with Crippen LogP contribution in [0.2, 0.25) is 0 Å². The molecule has 13 heteroatoms. The molecule has 2 aromatic rings. The van der Waals surface area contributed by atoms with Crippen LogP contribution in [0.15, 0.2) is 36.4 Å². The zero-order chi connectivity index (χ0) is 41.2. The Morgan fingerprint density at radius 1 is 0.500 bits per heavy atom. The van der Waals surface area contributed by atoms with E-state index in [0.29, 0.717) is 24.7 Å². The molecule has 0 aromatic heterocycles. The van der Waals surface area contributed by atoms with Crippen molar-refractivity contribution < 1.29 is 49.7 Å². The molecule has 2 unspecified atom stereocenters. The highest BCUT2D eigenvalue weighted by atomic mass is 32.2. The number of carbonyl (C=O) groups excluding carboxylic acids is 1. The largest absolute Gasteiger partial charge is 0.493 e. The summed E-state index contributed by atoms with van der Waals surface area (Å²) in [5.74, 6) is 0.437. The van der Waals surface area contributed by atoms with Crippen molar-refractivity contribution in [1.82, 2.24) is 0 Å². The third-order valence-electron chi connectivity index (χ3n) is 10.2. The second-order valence-corrected chi connectivity index (χ2v) is 18.0. The van der Waals surface area contributed by atoms with E-state index in [1.807, 2.05) is 0 Å². The minimum atomic E-state index is -4.83. The van der Waals surface area contributed by atoms with Crippen molar-refractivity contribution in [3.63, 3.8) is 0 Å². The fourth-order valence-electron chi connectivity index (χ4n) is 6.84. The van der Waals surface area contributed by atoms with E-state index >= 15 is 0 Å². The highest BCUT2D eigenvalue weighted by molar-refractivity contribution is 7.86. The van der Waals surface area contributed by atoms with Crippen molar-refractivity contribution in [2.75, 3.05) is 27.4 Å². The van der Waals surface area contributed by atoms with Crippen molar-refractivity contribution in [3.05, 3.63) is 47.5 Å². The van der Waals surface area contributed by atoms with Crippen LogP contribution < -0.4 is 18.9 Å². The van der Waals surface area contributed by atoms with E-state index < -0.39 is 49.4 Å². The monoisotopic (exact) mass is 826 g/mol. The average molecular weight is 827 g/mol. The fourth-order valence-corrected chi connectivity index (χ4v) is 8.61. The molecule has 0 saturated carbocycles. The van der Waals surface area contributed by atoms with Crippen molar-refractivity contribution in [2.24, 2.45) is 0 Å². The summed E-state index contributed by atoms with van der Waals surface area (Å²) in [5, 5.41) is -3.42. The minimum Gasteiger partial charge on any atom is -0.493 e. The van der Waals surface area contributed by atoms with Crippen molar-refractivity contribution in [2.45, 2.75) is 166 Å².